The summed E-state index contributed by atoms with van der Waals surface area (Å²) in [6, 6.07) is 15.8. The largest absolute Gasteiger partial charge is 0.317 e. The molecule has 2 nitrogen and oxygen atoms in total. The monoisotopic (exact) mass is 266 g/mol. The Morgan fingerprint density at radius 1 is 1.15 bits per heavy atom. The molecule has 0 aliphatic heterocycles. The smallest absolute Gasteiger partial charge is 0.0270 e. The van der Waals surface area contributed by atoms with Gasteiger partial charge >= 0.3 is 0 Å². The molecular formula is C18H22N2. The maximum absolute atomic E-state index is 4.08. The summed E-state index contributed by atoms with van der Waals surface area (Å²) in [5.41, 5.74) is 2.89. The average molecular weight is 266 g/mol. The summed E-state index contributed by atoms with van der Waals surface area (Å²) < 4.78 is 0. The standard InChI is InChI=1S/C18H22N2/c1-19-18(8-7-14-9-11-20-12-10-14)17-13-16(17)15-5-3-2-4-6-15/h2-6,9-12,16-19H,7-8,13H2,1H3. The second-order valence-corrected chi connectivity index (χ2v) is 5.71. The number of aryl methyl sites for hydroxylation is 1. The number of benzene rings is 1. The van der Waals surface area contributed by atoms with Crippen LogP contribution in [0, 0.1) is 5.92 Å². The number of rotatable bonds is 6. The molecule has 3 atom stereocenters. The van der Waals surface area contributed by atoms with E-state index < -0.39 is 0 Å². The maximum Gasteiger partial charge on any atom is 0.0270 e. The first-order valence-electron chi connectivity index (χ1n) is 7.49. The summed E-state index contributed by atoms with van der Waals surface area (Å²) in [7, 11) is 2.09. The molecule has 1 fully saturated rings. The van der Waals surface area contributed by atoms with Crippen molar-refractivity contribution in [3.8, 4) is 0 Å². The lowest BCUT2D eigenvalue weighted by Crippen LogP contribution is -2.28. The zero-order valence-corrected chi connectivity index (χ0v) is 12.0. The topological polar surface area (TPSA) is 24.9 Å². The molecule has 0 spiro atoms. The van der Waals surface area contributed by atoms with Crippen LogP contribution >= 0.6 is 0 Å². The lowest BCUT2D eigenvalue weighted by atomic mass is 9.99. The number of hydrogen-bond donors (Lipinski definition) is 1. The quantitative estimate of drug-likeness (QED) is 0.866. The van der Waals surface area contributed by atoms with Crippen molar-refractivity contribution in [3.05, 3.63) is 66.0 Å². The van der Waals surface area contributed by atoms with Crippen molar-refractivity contribution in [2.24, 2.45) is 5.92 Å². The van der Waals surface area contributed by atoms with Crippen molar-refractivity contribution >= 4 is 0 Å². The molecule has 3 unspecified atom stereocenters. The number of pyridine rings is 1. The van der Waals surface area contributed by atoms with Crippen LogP contribution in [0.5, 0.6) is 0 Å². The summed E-state index contributed by atoms with van der Waals surface area (Å²) in [6.07, 6.45) is 7.42. The molecule has 0 saturated heterocycles. The zero-order valence-electron chi connectivity index (χ0n) is 12.0. The maximum atomic E-state index is 4.08. The summed E-state index contributed by atoms with van der Waals surface area (Å²) in [5, 5.41) is 3.52. The van der Waals surface area contributed by atoms with Gasteiger partial charge in [-0.05, 0) is 61.4 Å². The predicted octanol–water partition coefficient (Wildman–Crippen LogP) is 3.41. The van der Waals surface area contributed by atoms with Crippen LogP contribution in [-0.4, -0.2) is 18.1 Å². The van der Waals surface area contributed by atoms with E-state index in [-0.39, 0.29) is 0 Å². The summed E-state index contributed by atoms with van der Waals surface area (Å²) >= 11 is 0. The highest BCUT2D eigenvalue weighted by Gasteiger charge is 2.42. The minimum Gasteiger partial charge on any atom is -0.317 e. The van der Waals surface area contributed by atoms with Crippen molar-refractivity contribution in [2.75, 3.05) is 7.05 Å². The highest BCUT2D eigenvalue weighted by Crippen LogP contribution is 2.50. The summed E-state index contributed by atoms with van der Waals surface area (Å²) in [5.74, 6) is 1.55. The van der Waals surface area contributed by atoms with E-state index >= 15 is 0 Å². The van der Waals surface area contributed by atoms with Crippen molar-refractivity contribution in [3.63, 3.8) is 0 Å². The van der Waals surface area contributed by atoms with Gasteiger partial charge in [0, 0.05) is 18.4 Å². The lowest BCUT2D eigenvalue weighted by Gasteiger charge is -2.16. The van der Waals surface area contributed by atoms with Crippen LogP contribution in [0.1, 0.15) is 29.9 Å². The van der Waals surface area contributed by atoms with E-state index in [0.29, 0.717) is 6.04 Å². The molecule has 0 bridgehead atoms. The highest BCUT2D eigenvalue weighted by atomic mass is 14.9. The van der Waals surface area contributed by atoms with E-state index in [0.717, 1.165) is 18.3 Å². The van der Waals surface area contributed by atoms with Gasteiger partial charge in [-0.1, -0.05) is 30.3 Å². The Kier molecular flexibility index (Phi) is 4.12. The Balaban J connectivity index is 1.56. The number of aromatic nitrogens is 1. The van der Waals surface area contributed by atoms with Gasteiger partial charge in [0.25, 0.3) is 0 Å². The van der Waals surface area contributed by atoms with Gasteiger partial charge in [0.2, 0.25) is 0 Å². The third kappa shape index (κ3) is 3.07. The highest BCUT2D eigenvalue weighted by molar-refractivity contribution is 5.26. The van der Waals surface area contributed by atoms with Crippen LogP contribution in [0.2, 0.25) is 0 Å². The average Bonchev–Trinajstić information content (AvgIpc) is 3.30. The van der Waals surface area contributed by atoms with Crippen LogP contribution in [0.4, 0.5) is 0 Å². The molecule has 2 heteroatoms. The van der Waals surface area contributed by atoms with E-state index in [9.17, 15) is 0 Å². The predicted molar refractivity (Wildman–Crippen MR) is 82.7 cm³/mol. The molecule has 1 aliphatic rings. The number of nitrogens with zero attached hydrogens (tertiary/aromatic N) is 1. The minimum absolute atomic E-state index is 0.619. The molecule has 0 amide bonds. The molecule has 2 aromatic rings. The van der Waals surface area contributed by atoms with Gasteiger partial charge in [0.05, 0.1) is 0 Å². The summed E-state index contributed by atoms with van der Waals surface area (Å²) in [6.45, 7) is 0. The van der Waals surface area contributed by atoms with Crippen molar-refractivity contribution in [1.82, 2.24) is 10.3 Å². The molecule has 3 rings (SSSR count). The molecule has 1 aromatic carbocycles. The Morgan fingerprint density at radius 2 is 1.90 bits per heavy atom. The number of nitrogens with one attached hydrogen (secondary N) is 1. The Hall–Kier alpha value is -1.67. The Bertz CT molecular complexity index is 524. The van der Waals surface area contributed by atoms with Crippen LogP contribution < -0.4 is 5.32 Å². The fourth-order valence-corrected chi connectivity index (χ4v) is 3.19. The van der Waals surface area contributed by atoms with Crippen LogP contribution in [0.15, 0.2) is 54.9 Å². The lowest BCUT2D eigenvalue weighted by molar-refractivity contribution is 0.462. The number of hydrogen-bond acceptors (Lipinski definition) is 2. The van der Waals surface area contributed by atoms with Gasteiger partial charge in [-0.2, -0.15) is 0 Å². The molecule has 1 saturated carbocycles. The van der Waals surface area contributed by atoms with Crippen LogP contribution in [0.25, 0.3) is 0 Å². The summed E-state index contributed by atoms with van der Waals surface area (Å²) in [4.78, 5) is 4.08. The van der Waals surface area contributed by atoms with Gasteiger partial charge in [-0.25, -0.2) is 0 Å². The molecule has 1 N–H and O–H groups in total. The van der Waals surface area contributed by atoms with Gasteiger partial charge < -0.3 is 5.32 Å². The Morgan fingerprint density at radius 3 is 2.60 bits per heavy atom. The molecule has 104 valence electrons. The first kappa shape index (κ1) is 13.3. The molecule has 20 heavy (non-hydrogen) atoms. The second-order valence-electron chi connectivity index (χ2n) is 5.71. The van der Waals surface area contributed by atoms with Crippen LogP contribution in [-0.2, 0) is 6.42 Å². The Labute approximate surface area is 121 Å². The van der Waals surface area contributed by atoms with E-state index in [1.807, 2.05) is 12.4 Å². The van der Waals surface area contributed by atoms with Crippen LogP contribution in [0.3, 0.4) is 0 Å². The normalized spacial score (nSPS) is 22.4. The van der Waals surface area contributed by atoms with Gasteiger partial charge in [0.1, 0.15) is 0 Å². The minimum atomic E-state index is 0.619. The molecular weight excluding hydrogens is 244 g/mol. The van der Waals surface area contributed by atoms with E-state index in [1.54, 1.807) is 0 Å². The van der Waals surface area contributed by atoms with E-state index in [1.165, 1.54) is 24.0 Å². The third-order valence-electron chi connectivity index (χ3n) is 4.45. The van der Waals surface area contributed by atoms with Crippen molar-refractivity contribution < 1.29 is 0 Å². The van der Waals surface area contributed by atoms with Gasteiger partial charge in [0.15, 0.2) is 0 Å². The van der Waals surface area contributed by atoms with Gasteiger partial charge in [-0.3, -0.25) is 4.98 Å². The van der Waals surface area contributed by atoms with E-state index in [2.05, 4.69) is 59.8 Å². The first-order valence-corrected chi connectivity index (χ1v) is 7.49. The molecule has 1 aromatic heterocycles. The first-order chi connectivity index (χ1) is 9.88. The molecule has 1 aliphatic carbocycles. The fraction of sp³-hybridized carbons (Fsp3) is 0.389. The molecule has 0 radical (unpaired) electrons. The van der Waals surface area contributed by atoms with E-state index in [4.69, 9.17) is 0 Å². The van der Waals surface area contributed by atoms with Gasteiger partial charge in [-0.15, -0.1) is 0 Å². The fourth-order valence-electron chi connectivity index (χ4n) is 3.19. The molecule has 1 heterocycles. The second kappa shape index (κ2) is 6.19. The van der Waals surface area contributed by atoms with Crippen molar-refractivity contribution in [2.45, 2.75) is 31.2 Å². The van der Waals surface area contributed by atoms with Crippen molar-refractivity contribution in [1.29, 1.82) is 0 Å². The third-order valence-corrected chi connectivity index (χ3v) is 4.45. The zero-order chi connectivity index (χ0) is 13.8. The SMILES string of the molecule is CNC(CCc1ccncc1)C1CC1c1ccccc1.